The number of rotatable bonds is 6. The number of methoxy groups -OCH3 is 1. The molecule has 1 aliphatic rings. The molecule has 1 amide bonds. The predicted molar refractivity (Wildman–Crippen MR) is 97.1 cm³/mol. The molecule has 1 aliphatic heterocycles. The molecular formula is C18H24BrNO5. The Kier molecular flexibility index (Phi) is 7.11. The van der Waals surface area contributed by atoms with Crippen molar-refractivity contribution in [3.63, 3.8) is 0 Å². The maximum Gasteiger partial charge on any atom is 0.338 e. The van der Waals surface area contributed by atoms with E-state index in [2.05, 4.69) is 22.9 Å². The molecule has 0 N–H and O–H groups in total. The average Bonchev–Trinajstić information content (AvgIpc) is 2.61. The number of hydrogen-bond donors (Lipinski definition) is 0. The molecule has 7 heteroatoms. The van der Waals surface area contributed by atoms with Gasteiger partial charge < -0.3 is 19.1 Å². The first-order chi connectivity index (χ1) is 12.0. The standard InChI is InChI=1S/C18H24BrNO5/c1-4-24-17-14(19)9-13(10-15(17)23-3)18(22)25-11-16(21)20-7-5-12(2)6-8-20/h9-10,12H,4-8,11H2,1-3H3. The normalized spacial score (nSPS) is 15.0. The van der Waals surface area contributed by atoms with Crippen LogP contribution < -0.4 is 9.47 Å². The summed E-state index contributed by atoms with van der Waals surface area (Å²) in [5.41, 5.74) is 0.298. The van der Waals surface area contributed by atoms with Crippen molar-refractivity contribution in [2.24, 2.45) is 5.92 Å². The van der Waals surface area contributed by atoms with E-state index in [0.717, 1.165) is 25.9 Å². The van der Waals surface area contributed by atoms with Crippen LogP contribution in [0.25, 0.3) is 0 Å². The number of halogens is 1. The lowest BCUT2D eigenvalue weighted by Gasteiger charge is -2.30. The zero-order valence-electron chi connectivity index (χ0n) is 14.8. The summed E-state index contributed by atoms with van der Waals surface area (Å²) in [5.74, 6) is 0.873. The molecule has 0 spiro atoms. The number of esters is 1. The van der Waals surface area contributed by atoms with Gasteiger partial charge in [-0.3, -0.25) is 4.79 Å². The largest absolute Gasteiger partial charge is 0.493 e. The van der Waals surface area contributed by atoms with Crippen LogP contribution in [0.15, 0.2) is 16.6 Å². The highest BCUT2D eigenvalue weighted by molar-refractivity contribution is 9.10. The Morgan fingerprint density at radius 3 is 2.56 bits per heavy atom. The number of nitrogens with zero attached hydrogens (tertiary/aromatic N) is 1. The highest BCUT2D eigenvalue weighted by atomic mass is 79.9. The van der Waals surface area contributed by atoms with Crippen LogP contribution in [0.1, 0.15) is 37.0 Å². The third-order valence-electron chi connectivity index (χ3n) is 4.22. The molecule has 1 heterocycles. The van der Waals surface area contributed by atoms with Crippen molar-refractivity contribution in [3.8, 4) is 11.5 Å². The third kappa shape index (κ3) is 5.11. The van der Waals surface area contributed by atoms with Crippen LogP contribution in [0, 0.1) is 5.92 Å². The van der Waals surface area contributed by atoms with E-state index in [4.69, 9.17) is 14.2 Å². The number of benzene rings is 1. The molecule has 2 rings (SSSR count). The highest BCUT2D eigenvalue weighted by Crippen LogP contribution is 2.36. The molecule has 1 saturated heterocycles. The van der Waals surface area contributed by atoms with Gasteiger partial charge in [0.25, 0.3) is 5.91 Å². The second-order valence-electron chi connectivity index (χ2n) is 6.06. The topological polar surface area (TPSA) is 65.1 Å². The molecule has 1 aromatic carbocycles. The van der Waals surface area contributed by atoms with E-state index in [-0.39, 0.29) is 12.5 Å². The monoisotopic (exact) mass is 413 g/mol. The summed E-state index contributed by atoms with van der Waals surface area (Å²) in [6.07, 6.45) is 1.98. The maximum absolute atomic E-state index is 12.3. The average molecular weight is 414 g/mol. The number of carbonyl (C=O) groups is 2. The minimum atomic E-state index is -0.569. The fraction of sp³-hybridized carbons (Fsp3) is 0.556. The number of ether oxygens (including phenoxy) is 3. The van der Waals surface area contributed by atoms with Gasteiger partial charge in [-0.1, -0.05) is 6.92 Å². The molecule has 0 aliphatic carbocycles. The quantitative estimate of drug-likeness (QED) is 0.669. The number of carbonyl (C=O) groups excluding carboxylic acids is 2. The molecule has 0 bridgehead atoms. The zero-order chi connectivity index (χ0) is 18.4. The zero-order valence-corrected chi connectivity index (χ0v) is 16.4. The van der Waals surface area contributed by atoms with Crippen LogP contribution >= 0.6 is 15.9 Å². The van der Waals surface area contributed by atoms with Crippen molar-refractivity contribution in [2.45, 2.75) is 26.7 Å². The lowest BCUT2D eigenvalue weighted by Crippen LogP contribution is -2.40. The molecule has 0 atom stereocenters. The van der Waals surface area contributed by atoms with Crippen molar-refractivity contribution in [3.05, 3.63) is 22.2 Å². The van der Waals surface area contributed by atoms with Crippen LogP contribution in [0.2, 0.25) is 0 Å². The summed E-state index contributed by atoms with van der Waals surface area (Å²) in [6.45, 7) is 5.71. The molecule has 0 aromatic heterocycles. The SMILES string of the molecule is CCOc1c(Br)cc(C(=O)OCC(=O)N2CCC(C)CC2)cc1OC. The van der Waals surface area contributed by atoms with Crippen molar-refractivity contribution < 1.29 is 23.8 Å². The Morgan fingerprint density at radius 1 is 1.28 bits per heavy atom. The van der Waals surface area contributed by atoms with E-state index in [1.54, 1.807) is 17.0 Å². The molecule has 25 heavy (non-hydrogen) atoms. The first-order valence-electron chi connectivity index (χ1n) is 8.41. The smallest absolute Gasteiger partial charge is 0.338 e. The van der Waals surface area contributed by atoms with Crippen LogP contribution in [0.5, 0.6) is 11.5 Å². The Hall–Kier alpha value is -1.76. The summed E-state index contributed by atoms with van der Waals surface area (Å²) in [6, 6.07) is 3.15. The number of piperidine rings is 1. The van der Waals surface area contributed by atoms with Gasteiger partial charge in [0.1, 0.15) is 0 Å². The van der Waals surface area contributed by atoms with Gasteiger partial charge in [0, 0.05) is 13.1 Å². The van der Waals surface area contributed by atoms with Gasteiger partial charge in [0.05, 0.1) is 23.8 Å². The molecule has 1 aromatic rings. The predicted octanol–water partition coefficient (Wildman–Crippen LogP) is 3.27. The lowest BCUT2D eigenvalue weighted by atomic mass is 9.99. The summed E-state index contributed by atoms with van der Waals surface area (Å²) in [7, 11) is 1.50. The van der Waals surface area contributed by atoms with Gasteiger partial charge in [-0.15, -0.1) is 0 Å². The van der Waals surface area contributed by atoms with Crippen LogP contribution in [-0.4, -0.2) is 50.2 Å². The van der Waals surface area contributed by atoms with Gasteiger partial charge in [-0.25, -0.2) is 4.79 Å². The van der Waals surface area contributed by atoms with Crippen LogP contribution in [0.3, 0.4) is 0 Å². The first-order valence-corrected chi connectivity index (χ1v) is 9.20. The minimum Gasteiger partial charge on any atom is -0.493 e. The van der Waals surface area contributed by atoms with E-state index >= 15 is 0 Å². The van der Waals surface area contributed by atoms with E-state index in [9.17, 15) is 9.59 Å². The van der Waals surface area contributed by atoms with E-state index in [1.165, 1.54) is 7.11 Å². The second-order valence-corrected chi connectivity index (χ2v) is 6.92. The van der Waals surface area contributed by atoms with E-state index in [1.807, 2.05) is 6.92 Å². The van der Waals surface area contributed by atoms with Crippen LogP contribution in [-0.2, 0) is 9.53 Å². The number of amides is 1. The summed E-state index contributed by atoms with van der Waals surface area (Å²) in [4.78, 5) is 26.2. The van der Waals surface area contributed by atoms with Gasteiger partial charge in [-0.05, 0) is 53.7 Å². The van der Waals surface area contributed by atoms with E-state index < -0.39 is 5.97 Å². The van der Waals surface area contributed by atoms with Crippen LogP contribution in [0.4, 0.5) is 0 Å². The first kappa shape index (κ1) is 19.6. The van der Waals surface area contributed by atoms with Gasteiger partial charge in [0.15, 0.2) is 18.1 Å². The number of hydrogen-bond acceptors (Lipinski definition) is 5. The molecule has 0 saturated carbocycles. The van der Waals surface area contributed by atoms with Crippen molar-refractivity contribution >= 4 is 27.8 Å². The summed E-state index contributed by atoms with van der Waals surface area (Å²) in [5, 5.41) is 0. The third-order valence-corrected chi connectivity index (χ3v) is 4.81. The van der Waals surface area contributed by atoms with Crippen molar-refractivity contribution in [2.75, 3.05) is 33.4 Å². The Balaban J connectivity index is 1.98. The van der Waals surface area contributed by atoms with Gasteiger partial charge in [-0.2, -0.15) is 0 Å². The van der Waals surface area contributed by atoms with Crippen molar-refractivity contribution in [1.82, 2.24) is 4.90 Å². The molecule has 1 fully saturated rings. The lowest BCUT2D eigenvalue weighted by molar-refractivity contribution is -0.135. The number of likely N-dealkylation sites (tertiary alicyclic amines) is 1. The Morgan fingerprint density at radius 2 is 1.96 bits per heavy atom. The molecule has 6 nitrogen and oxygen atoms in total. The fourth-order valence-corrected chi connectivity index (χ4v) is 3.24. The minimum absolute atomic E-state index is 0.155. The Bertz CT molecular complexity index is 626. The Labute approximate surface area is 156 Å². The summed E-state index contributed by atoms with van der Waals surface area (Å²) >= 11 is 3.37. The summed E-state index contributed by atoms with van der Waals surface area (Å²) < 4.78 is 16.5. The van der Waals surface area contributed by atoms with Gasteiger partial charge >= 0.3 is 5.97 Å². The molecule has 0 unspecified atom stereocenters. The fourth-order valence-electron chi connectivity index (χ4n) is 2.68. The highest BCUT2D eigenvalue weighted by Gasteiger charge is 2.22. The van der Waals surface area contributed by atoms with Gasteiger partial charge in [0.2, 0.25) is 0 Å². The van der Waals surface area contributed by atoms with Crippen molar-refractivity contribution in [1.29, 1.82) is 0 Å². The molecular weight excluding hydrogens is 390 g/mol. The maximum atomic E-state index is 12.3. The molecule has 138 valence electrons. The second kappa shape index (κ2) is 9.08. The van der Waals surface area contributed by atoms with E-state index in [0.29, 0.717) is 34.1 Å². The molecule has 0 radical (unpaired) electrons.